The molecule has 2 aromatic carbocycles. The second-order valence-electron chi connectivity index (χ2n) is 6.99. The standard InChI is InChI=1S/C22H22N4O3S/c1-5-18(27)25-16-9-7-6-8-15(16)19-20(28)23-22(30-4)24-26(19)21(25)14-10-11-17(29-3)13(2)12-14/h6-12,21H,5H2,1-4H3/p+1. The zero-order valence-electron chi connectivity index (χ0n) is 17.3. The number of ether oxygens (including phenoxy) is 1. The third-order valence-electron chi connectivity index (χ3n) is 5.24. The number of fused-ring (bicyclic) bond motifs is 3. The van der Waals surface area contributed by atoms with E-state index in [1.165, 1.54) is 11.8 Å². The molecule has 3 aromatic rings. The molecule has 2 heterocycles. The Labute approximate surface area is 178 Å². The summed E-state index contributed by atoms with van der Waals surface area (Å²) >= 11 is 1.35. The molecule has 1 aliphatic heterocycles. The molecule has 7 nitrogen and oxygen atoms in total. The molecule has 4 rings (SSSR count). The maximum Gasteiger partial charge on any atom is 0.325 e. The molecule has 0 spiro atoms. The normalized spacial score (nSPS) is 14.8. The molecule has 154 valence electrons. The lowest BCUT2D eigenvalue weighted by atomic mass is 10.00. The first kappa shape index (κ1) is 20.2. The fraction of sp³-hybridized carbons (Fsp3) is 0.273. The Morgan fingerprint density at radius 1 is 1.30 bits per heavy atom. The molecule has 1 amide bonds. The van der Waals surface area contributed by atoms with Gasteiger partial charge in [-0.25, -0.2) is 4.90 Å². The number of nitrogens with one attached hydrogen (secondary N) is 1. The number of thioether (sulfide) groups is 1. The number of para-hydroxylation sites is 1. The van der Waals surface area contributed by atoms with Crippen molar-refractivity contribution in [1.82, 2.24) is 10.1 Å². The van der Waals surface area contributed by atoms with Crippen molar-refractivity contribution in [1.29, 1.82) is 0 Å². The Balaban J connectivity index is 2.07. The van der Waals surface area contributed by atoms with E-state index in [0.29, 0.717) is 28.5 Å². The average Bonchev–Trinajstić information content (AvgIpc) is 2.77. The lowest BCUT2D eigenvalue weighted by molar-refractivity contribution is -0.763. The Morgan fingerprint density at radius 3 is 2.73 bits per heavy atom. The summed E-state index contributed by atoms with van der Waals surface area (Å²) < 4.78 is 7.07. The monoisotopic (exact) mass is 423 g/mol. The van der Waals surface area contributed by atoms with Gasteiger partial charge in [0, 0.05) is 17.1 Å². The number of aromatic nitrogens is 3. The van der Waals surface area contributed by atoms with Gasteiger partial charge in [-0.1, -0.05) is 30.8 Å². The highest BCUT2D eigenvalue weighted by Gasteiger charge is 2.45. The Morgan fingerprint density at radius 2 is 2.07 bits per heavy atom. The third kappa shape index (κ3) is 3.17. The molecule has 0 bridgehead atoms. The van der Waals surface area contributed by atoms with E-state index in [0.717, 1.165) is 16.9 Å². The lowest BCUT2D eigenvalue weighted by Crippen LogP contribution is -2.60. The Hall–Kier alpha value is -3.13. The van der Waals surface area contributed by atoms with Crippen LogP contribution in [-0.2, 0) is 4.79 Å². The molecular weight excluding hydrogens is 400 g/mol. The van der Waals surface area contributed by atoms with Gasteiger partial charge >= 0.3 is 11.3 Å². The van der Waals surface area contributed by atoms with Crippen molar-refractivity contribution in [3.63, 3.8) is 0 Å². The summed E-state index contributed by atoms with van der Waals surface area (Å²) in [5, 5.41) is 5.18. The summed E-state index contributed by atoms with van der Waals surface area (Å²) in [6.07, 6.45) is 1.60. The van der Waals surface area contributed by atoms with E-state index >= 15 is 0 Å². The molecule has 0 saturated heterocycles. The van der Waals surface area contributed by atoms with Crippen molar-refractivity contribution in [2.45, 2.75) is 31.6 Å². The summed E-state index contributed by atoms with van der Waals surface area (Å²) in [4.78, 5) is 30.8. The van der Waals surface area contributed by atoms with Crippen LogP contribution in [0.5, 0.6) is 5.75 Å². The molecule has 0 fully saturated rings. The van der Waals surface area contributed by atoms with Gasteiger partial charge in [0.15, 0.2) is 0 Å². The van der Waals surface area contributed by atoms with Crippen molar-refractivity contribution in [3.8, 4) is 17.0 Å². The molecule has 30 heavy (non-hydrogen) atoms. The highest BCUT2D eigenvalue weighted by atomic mass is 32.2. The van der Waals surface area contributed by atoms with Gasteiger partial charge in [-0.3, -0.25) is 14.6 Å². The van der Waals surface area contributed by atoms with Crippen molar-refractivity contribution in [3.05, 3.63) is 63.9 Å². The van der Waals surface area contributed by atoms with Crippen LogP contribution in [0.1, 0.15) is 30.6 Å². The third-order valence-corrected chi connectivity index (χ3v) is 5.81. The van der Waals surface area contributed by atoms with Crippen LogP contribution in [-0.4, -0.2) is 29.4 Å². The fourth-order valence-corrected chi connectivity index (χ4v) is 4.23. The van der Waals surface area contributed by atoms with Crippen molar-refractivity contribution >= 4 is 23.4 Å². The SMILES string of the molecule is CCC(=O)N1c2ccccc2-c2c(=O)[nH]c(SC)n[n+]2C1c1ccc(OC)c(C)c1. The van der Waals surface area contributed by atoms with Gasteiger partial charge < -0.3 is 4.74 Å². The van der Waals surface area contributed by atoms with Crippen molar-refractivity contribution in [2.24, 2.45) is 0 Å². The predicted octanol–water partition coefficient (Wildman–Crippen LogP) is 3.07. The van der Waals surface area contributed by atoms with Gasteiger partial charge in [-0.2, -0.15) is 0 Å². The molecule has 0 radical (unpaired) electrons. The number of anilines is 1. The van der Waals surface area contributed by atoms with E-state index in [1.54, 1.807) is 16.7 Å². The number of methoxy groups -OCH3 is 1. The molecule has 1 aromatic heterocycles. The summed E-state index contributed by atoms with van der Waals surface area (Å²) in [6, 6.07) is 13.2. The number of carbonyl (C=O) groups is 1. The summed E-state index contributed by atoms with van der Waals surface area (Å²) in [6.45, 7) is 3.79. The van der Waals surface area contributed by atoms with Crippen LogP contribution in [0.3, 0.4) is 0 Å². The van der Waals surface area contributed by atoms with Crippen LogP contribution in [0, 0.1) is 6.92 Å². The number of aromatic amines is 1. The van der Waals surface area contributed by atoms with Crippen LogP contribution < -0.4 is 19.9 Å². The van der Waals surface area contributed by atoms with Gasteiger partial charge in [0.05, 0.1) is 18.4 Å². The van der Waals surface area contributed by atoms with Crippen LogP contribution in [0.15, 0.2) is 52.4 Å². The highest BCUT2D eigenvalue weighted by Crippen LogP contribution is 2.38. The van der Waals surface area contributed by atoms with E-state index in [1.807, 2.05) is 62.6 Å². The summed E-state index contributed by atoms with van der Waals surface area (Å²) in [7, 11) is 1.63. The number of H-pyrrole nitrogens is 1. The number of benzene rings is 2. The van der Waals surface area contributed by atoms with Crippen LogP contribution in [0.25, 0.3) is 11.3 Å². The first-order valence-corrected chi connectivity index (χ1v) is 10.9. The highest BCUT2D eigenvalue weighted by molar-refractivity contribution is 7.98. The molecule has 1 aliphatic rings. The average molecular weight is 424 g/mol. The second-order valence-corrected chi connectivity index (χ2v) is 7.79. The number of hydrogen-bond acceptors (Lipinski definition) is 5. The Kier molecular flexibility index (Phi) is 5.34. The number of amides is 1. The minimum Gasteiger partial charge on any atom is -0.496 e. The minimum atomic E-state index is -0.583. The summed E-state index contributed by atoms with van der Waals surface area (Å²) in [5.41, 5.74) is 3.37. The molecular formula is C22H23N4O3S+. The van der Waals surface area contributed by atoms with E-state index in [2.05, 4.69) is 10.1 Å². The topological polar surface area (TPSA) is 79.2 Å². The zero-order chi connectivity index (χ0) is 21.4. The van der Waals surface area contributed by atoms with Gasteiger partial charge in [-0.05, 0) is 53.8 Å². The number of hydrogen-bond donors (Lipinski definition) is 1. The largest absolute Gasteiger partial charge is 0.496 e. The first-order chi connectivity index (χ1) is 14.5. The van der Waals surface area contributed by atoms with E-state index < -0.39 is 6.17 Å². The van der Waals surface area contributed by atoms with E-state index in [-0.39, 0.29) is 11.5 Å². The smallest absolute Gasteiger partial charge is 0.325 e. The van der Waals surface area contributed by atoms with Crippen LogP contribution in [0.2, 0.25) is 0 Å². The quantitative estimate of drug-likeness (QED) is 0.515. The zero-order valence-corrected chi connectivity index (χ0v) is 18.1. The number of aryl methyl sites for hydroxylation is 1. The molecule has 1 atom stereocenters. The number of nitrogens with zero attached hydrogens (tertiary/aromatic N) is 3. The summed E-state index contributed by atoms with van der Waals surface area (Å²) in [5.74, 6) is 0.712. The first-order valence-electron chi connectivity index (χ1n) is 9.66. The maximum absolute atomic E-state index is 13.1. The van der Waals surface area contributed by atoms with E-state index in [9.17, 15) is 9.59 Å². The number of rotatable bonds is 4. The van der Waals surface area contributed by atoms with E-state index in [4.69, 9.17) is 4.74 Å². The van der Waals surface area contributed by atoms with Gasteiger partial charge in [0.1, 0.15) is 5.75 Å². The maximum atomic E-state index is 13.1. The van der Waals surface area contributed by atoms with Gasteiger partial charge in [0.25, 0.3) is 6.17 Å². The Bertz CT molecular complexity index is 1190. The lowest BCUT2D eigenvalue weighted by Gasteiger charge is -2.32. The minimum absolute atomic E-state index is 0.0492. The number of carbonyl (C=O) groups excluding carboxylic acids is 1. The molecule has 0 saturated carbocycles. The predicted molar refractivity (Wildman–Crippen MR) is 116 cm³/mol. The van der Waals surface area contributed by atoms with Crippen molar-refractivity contribution in [2.75, 3.05) is 18.3 Å². The van der Waals surface area contributed by atoms with Crippen LogP contribution >= 0.6 is 11.8 Å². The van der Waals surface area contributed by atoms with Crippen LogP contribution in [0.4, 0.5) is 5.69 Å². The molecule has 1 unspecified atom stereocenters. The molecule has 8 heteroatoms. The van der Waals surface area contributed by atoms with Gasteiger partial charge in [-0.15, -0.1) is 0 Å². The van der Waals surface area contributed by atoms with Crippen molar-refractivity contribution < 1.29 is 14.2 Å². The molecule has 0 aliphatic carbocycles. The second kappa shape index (κ2) is 7.95. The fourth-order valence-electron chi connectivity index (χ4n) is 3.87. The van der Waals surface area contributed by atoms with Gasteiger partial charge in [0.2, 0.25) is 11.1 Å². The molecule has 1 N–H and O–H groups in total.